The van der Waals surface area contributed by atoms with Gasteiger partial charge in [-0.1, -0.05) is 20.8 Å². The maximum Gasteiger partial charge on any atom is 0.263 e. The highest BCUT2D eigenvalue weighted by atomic mass is 32.1. The number of nitrogens with zero attached hydrogens (tertiary/aromatic N) is 2. The fourth-order valence-electron chi connectivity index (χ4n) is 2.91. The van der Waals surface area contributed by atoms with Gasteiger partial charge in [-0.2, -0.15) is 0 Å². The molecule has 1 saturated heterocycles. The Balaban J connectivity index is 1.48. The number of aromatic nitrogens is 1. The number of amides is 1. The zero-order valence-electron chi connectivity index (χ0n) is 13.9. The molecule has 122 valence electrons. The molecule has 1 aliphatic carbocycles. The minimum Gasteiger partial charge on any atom is -0.348 e. The summed E-state index contributed by atoms with van der Waals surface area (Å²) in [5.41, 5.74) is 0.0113. The molecule has 1 amide bonds. The van der Waals surface area contributed by atoms with E-state index >= 15 is 0 Å². The van der Waals surface area contributed by atoms with Gasteiger partial charge in [-0.05, 0) is 31.6 Å². The molecule has 1 saturated carbocycles. The maximum atomic E-state index is 12.4. The van der Waals surface area contributed by atoms with Crippen molar-refractivity contribution < 1.29 is 4.79 Å². The minimum atomic E-state index is 0.0113. The third-order valence-electron chi connectivity index (χ3n) is 4.51. The number of piperidine rings is 1. The van der Waals surface area contributed by atoms with Crippen molar-refractivity contribution >= 4 is 17.2 Å². The molecule has 0 radical (unpaired) electrons. The number of carbonyl (C=O) groups excluding carboxylic acids is 1. The van der Waals surface area contributed by atoms with Crippen LogP contribution in [0.1, 0.15) is 61.1 Å². The Morgan fingerprint density at radius 2 is 2.00 bits per heavy atom. The first-order chi connectivity index (χ1) is 10.4. The fourth-order valence-corrected chi connectivity index (χ4v) is 3.78. The molecule has 1 N–H and O–H groups in total. The summed E-state index contributed by atoms with van der Waals surface area (Å²) in [7, 11) is 0. The summed E-state index contributed by atoms with van der Waals surface area (Å²) in [5.74, 6) is 1.01. The largest absolute Gasteiger partial charge is 0.348 e. The van der Waals surface area contributed by atoms with Crippen LogP contribution in [-0.2, 0) is 5.41 Å². The van der Waals surface area contributed by atoms with Gasteiger partial charge in [0.2, 0.25) is 0 Å². The average Bonchev–Trinajstić information content (AvgIpc) is 3.11. The summed E-state index contributed by atoms with van der Waals surface area (Å²) in [5, 5.41) is 4.22. The summed E-state index contributed by atoms with van der Waals surface area (Å²) in [4.78, 5) is 20.1. The number of thiazole rings is 1. The van der Waals surface area contributed by atoms with Crippen LogP contribution in [0, 0.1) is 5.92 Å². The molecule has 1 aliphatic heterocycles. The van der Waals surface area contributed by atoms with Gasteiger partial charge in [0.25, 0.3) is 5.91 Å². The standard InChI is InChI=1S/C17H27N3OS/c1-17(2,3)16-18-10-14(22-16)15(21)19-13-6-8-20(9-7-13)11-12-4-5-12/h10,12-13H,4-9,11H2,1-3H3,(H,19,21). The lowest BCUT2D eigenvalue weighted by Gasteiger charge is -2.32. The number of hydrogen-bond donors (Lipinski definition) is 1. The molecule has 5 heteroatoms. The topological polar surface area (TPSA) is 45.2 Å². The number of carbonyl (C=O) groups is 1. The van der Waals surface area contributed by atoms with Gasteiger partial charge in [-0.15, -0.1) is 11.3 Å². The highest BCUT2D eigenvalue weighted by molar-refractivity contribution is 7.13. The second kappa shape index (κ2) is 6.28. The van der Waals surface area contributed by atoms with Gasteiger partial charge in [0, 0.05) is 31.1 Å². The molecule has 1 aromatic rings. The van der Waals surface area contributed by atoms with Crippen LogP contribution >= 0.6 is 11.3 Å². The van der Waals surface area contributed by atoms with Crippen molar-refractivity contribution in [2.45, 2.75) is 57.9 Å². The van der Waals surface area contributed by atoms with Gasteiger partial charge < -0.3 is 10.2 Å². The minimum absolute atomic E-state index is 0.0113. The molecule has 4 nitrogen and oxygen atoms in total. The van der Waals surface area contributed by atoms with Crippen molar-refractivity contribution in [3.05, 3.63) is 16.1 Å². The lowest BCUT2D eigenvalue weighted by molar-refractivity contribution is 0.0913. The second-order valence-electron chi connectivity index (χ2n) is 7.77. The molecule has 1 aromatic heterocycles. The number of nitrogens with one attached hydrogen (secondary N) is 1. The van der Waals surface area contributed by atoms with Crippen molar-refractivity contribution in [3.63, 3.8) is 0 Å². The molecule has 2 fully saturated rings. The third kappa shape index (κ3) is 4.07. The Kier molecular flexibility index (Phi) is 4.55. The summed E-state index contributed by atoms with van der Waals surface area (Å²) < 4.78 is 0. The van der Waals surface area contributed by atoms with Crippen LogP contribution in [0.25, 0.3) is 0 Å². The Hall–Kier alpha value is -0.940. The molecular weight excluding hydrogens is 294 g/mol. The molecule has 0 spiro atoms. The van der Waals surface area contributed by atoms with Crippen LogP contribution < -0.4 is 5.32 Å². The van der Waals surface area contributed by atoms with Gasteiger partial charge in [0.1, 0.15) is 4.88 Å². The van der Waals surface area contributed by atoms with E-state index in [1.54, 1.807) is 6.20 Å². The Labute approximate surface area is 137 Å². The van der Waals surface area contributed by atoms with Gasteiger partial charge in [-0.3, -0.25) is 4.79 Å². The molecule has 0 atom stereocenters. The van der Waals surface area contributed by atoms with Crippen LogP contribution in [0.3, 0.4) is 0 Å². The Bertz CT molecular complexity index is 522. The van der Waals surface area contributed by atoms with Crippen molar-refractivity contribution in [3.8, 4) is 0 Å². The second-order valence-corrected chi connectivity index (χ2v) is 8.80. The van der Waals surface area contributed by atoms with E-state index in [-0.39, 0.29) is 11.3 Å². The summed E-state index contributed by atoms with van der Waals surface area (Å²) in [6.45, 7) is 9.90. The normalized spacial score (nSPS) is 21.0. The lowest BCUT2D eigenvalue weighted by atomic mass is 9.98. The zero-order valence-corrected chi connectivity index (χ0v) is 14.7. The van der Waals surface area contributed by atoms with Crippen LogP contribution in [0.5, 0.6) is 0 Å². The highest BCUT2D eigenvalue weighted by Gasteiger charge is 2.28. The van der Waals surface area contributed by atoms with E-state index in [9.17, 15) is 4.79 Å². The summed E-state index contributed by atoms with van der Waals surface area (Å²) >= 11 is 1.52. The molecule has 2 heterocycles. The van der Waals surface area contributed by atoms with E-state index in [0.717, 1.165) is 41.7 Å². The van der Waals surface area contributed by atoms with E-state index in [0.29, 0.717) is 6.04 Å². The van der Waals surface area contributed by atoms with Gasteiger partial charge in [-0.25, -0.2) is 4.98 Å². The Morgan fingerprint density at radius 3 is 2.55 bits per heavy atom. The van der Waals surface area contributed by atoms with E-state index < -0.39 is 0 Å². The third-order valence-corrected chi connectivity index (χ3v) is 5.93. The van der Waals surface area contributed by atoms with Crippen LogP contribution in [0.15, 0.2) is 6.20 Å². The van der Waals surface area contributed by atoms with Gasteiger partial charge >= 0.3 is 0 Å². The Morgan fingerprint density at radius 1 is 1.32 bits per heavy atom. The van der Waals surface area contributed by atoms with Crippen LogP contribution in [0.4, 0.5) is 0 Å². The van der Waals surface area contributed by atoms with Crippen LogP contribution in [0.2, 0.25) is 0 Å². The quantitative estimate of drug-likeness (QED) is 0.927. The maximum absolute atomic E-state index is 12.4. The first kappa shape index (κ1) is 15.9. The van der Waals surface area contributed by atoms with E-state index in [1.165, 1.54) is 30.7 Å². The number of likely N-dealkylation sites (tertiary alicyclic amines) is 1. The summed E-state index contributed by atoms with van der Waals surface area (Å²) in [6, 6.07) is 0.322. The van der Waals surface area contributed by atoms with Crippen molar-refractivity contribution in [2.75, 3.05) is 19.6 Å². The predicted octanol–water partition coefficient (Wildman–Crippen LogP) is 3.04. The van der Waals surface area contributed by atoms with E-state index in [2.05, 4.69) is 36.0 Å². The number of hydrogen-bond acceptors (Lipinski definition) is 4. The van der Waals surface area contributed by atoms with E-state index in [4.69, 9.17) is 0 Å². The molecular formula is C17H27N3OS. The predicted molar refractivity (Wildman–Crippen MR) is 90.5 cm³/mol. The highest BCUT2D eigenvalue weighted by Crippen LogP contribution is 2.30. The van der Waals surface area contributed by atoms with E-state index in [1.807, 2.05) is 0 Å². The smallest absolute Gasteiger partial charge is 0.263 e. The SMILES string of the molecule is CC(C)(C)c1ncc(C(=O)NC2CCN(CC3CC3)CC2)s1. The molecule has 22 heavy (non-hydrogen) atoms. The van der Waals surface area contributed by atoms with Gasteiger partial charge in [0.05, 0.1) is 11.2 Å². The molecule has 0 bridgehead atoms. The van der Waals surface area contributed by atoms with Crippen molar-refractivity contribution in [1.82, 2.24) is 15.2 Å². The monoisotopic (exact) mass is 321 g/mol. The number of rotatable bonds is 4. The molecule has 2 aliphatic rings. The average molecular weight is 321 g/mol. The zero-order chi connectivity index (χ0) is 15.7. The fraction of sp³-hybridized carbons (Fsp3) is 0.765. The molecule has 0 unspecified atom stereocenters. The van der Waals surface area contributed by atoms with Crippen molar-refractivity contribution in [1.29, 1.82) is 0 Å². The van der Waals surface area contributed by atoms with Crippen LogP contribution in [-0.4, -0.2) is 41.5 Å². The lowest BCUT2D eigenvalue weighted by Crippen LogP contribution is -2.45. The van der Waals surface area contributed by atoms with Crippen molar-refractivity contribution in [2.24, 2.45) is 5.92 Å². The summed E-state index contributed by atoms with van der Waals surface area (Å²) in [6.07, 6.45) is 6.70. The first-order valence-corrected chi connectivity index (χ1v) is 9.23. The van der Waals surface area contributed by atoms with Gasteiger partial charge in [0.15, 0.2) is 0 Å². The first-order valence-electron chi connectivity index (χ1n) is 8.41. The molecule has 0 aromatic carbocycles. The molecule has 3 rings (SSSR count).